The fraction of sp³-hybridized carbons (Fsp3) is 0.130. The van der Waals surface area contributed by atoms with E-state index in [4.69, 9.17) is 12.2 Å². The van der Waals surface area contributed by atoms with Gasteiger partial charge in [-0.15, -0.1) is 0 Å². The highest BCUT2D eigenvalue weighted by molar-refractivity contribution is 7.80. The molecule has 28 heavy (non-hydrogen) atoms. The summed E-state index contributed by atoms with van der Waals surface area (Å²) in [6.45, 7) is 3.75. The van der Waals surface area contributed by atoms with Crippen LogP contribution in [0.15, 0.2) is 72.8 Å². The van der Waals surface area contributed by atoms with Crippen LogP contribution in [-0.2, 0) is 4.79 Å². The summed E-state index contributed by atoms with van der Waals surface area (Å²) in [5.74, 6) is -0.612. The Morgan fingerprint density at radius 2 is 1.46 bits per heavy atom. The monoisotopic (exact) mass is 390 g/mol. The second-order valence-electron chi connectivity index (χ2n) is 6.68. The predicted molar refractivity (Wildman–Crippen MR) is 117 cm³/mol. The van der Waals surface area contributed by atoms with Gasteiger partial charge >= 0.3 is 0 Å². The number of amides is 1. The van der Waals surface area contributed by atoms with E-state index in [2.05, 4.69) is 10.6 Å². The fourth-order valence-corrected chi connectivity index (χ4v) is 3.39. The molecule has 3 aromatic carbocycles. The second-order valence-corrected chi connectivity index (χ2v) is 7.08. The Kier molecular flexibility index (Phi) is 6.06. The number of phenols is 1. The smallest absolute Gasteiger partial charge is 0.238 e. The lowest BCUT2D eigenvalue weighted by Gasteiger charge is -2.19. The van der Waals surface area contributed by atoms with Gasteiger partial charge in [-0.2, -0.15) is 0 Å². The van der Waals surface area contributed by atoms with Crippen LogP contribution >= 0.6 is 12.2 Å². The summed E-state index contributed by atoms with van der Waals surface area (Å²) in [6, 6.07) is 22.8. The average molecular weight is 391 g/mol. The first-order valence-electron chi connectivity index (χ1n) is 8.97. The topological polar surface area (TPSA) is 61.4 Å². The van der Waals surface area contributed by atoms with Crippen LogP contribution in [0.4, 0.5) is 5.69 Å². The summed E-state index contributed by atoms with van der Waals surface area (Å²) in [4.78, 5) is 13.1. The van der Waals surface area contributed by atoms with E-state index >= 15 is 0 Å². The van der Waals surface area contributed by atoms with Crippen LogP contribution in [0.25, 0.3) is 0 Å². The van der Waals surface area contributed by atoms with Crippen molar-refractivity contribution in [1.82, 2.24) is 5.32 Å². The molecule has 0 atom stereocenters. The third-order valence-corrected chi connectivity index (χ3v) is 4.66. The Hall–Kier alpha value is -3.18. The maximum absolute atomic E-state index is 13.1. The number of rotatable bonds is 4. The Balaban J connectivity index is 1.82. The second kappa shape index (κ2) is 8.67. The van der Waals surface area contributed by atoms with Crippen LogP contribution in [0.3, 0.4) is 0 Å². The van der Waals surface area contributed by atoms with Gasteiger partial charge in [-0.1, -0.05) is 66.7 Å². The summed E-state index contributed by atoms with van der Waals surface area (Å²) in [5, 5.41) is 16.1. The molecule has 0 radical (unpaired) electrons. The van der Waals surface area contributed by atoms with Gasteiger partial charge in [0.2, 0.25) is 5.91 Å². The largest absolute Gasteiger partial charge is 0.505 e. The third-order valence-electron chi connectivity index (χ3n) is 4.46. The standard InChI is InChI=1S/C23H22N2O2S/c1-15-13-16(2)21(26)19(14-15)24-23(28)25-22(27)20(17-9-5-3-6-10-17)18-11-7-4-8-12-18/h3-14,20,26H,1-2H3,(H2,24,25,27,28). The van der Waals surface area contributed by atoms with Gasteiger partial charge in [-0.3, -0.25) is 4.79 Å². The first-order valence-corrected chi connectivity index (χ1v) is 9.38. The average Bonchev–Trinajstić information content (AvgIpc) is 2.67. The van der Waals surface area contributed by atoms with Crippen LogP contribution in [0.5, 0.6) is 5.75 Å². The lowest BCUT2D eigenvalue weighted by molar-refractivity contribution is -0.120. The molecule has 3 aromatic rings. The highest BCUT2D eigenvalue weighted by Gasteiger charge is 2.23. The van der Waals surface area contributed by atoms with Crippen LogP contribution in [-0.4, -0.2) is 16.1 Å². The molecule has 0 saturated heterocycles. The maximum atomic E-state index is 13.1. The SMILES string of the molecule is Cc1cc(C)c(O)c(NC(=S)NC(=O)C(c2ccccc2)c2ccccc2)c1. The van der Waals surface area contributed by atoms with Crippen LogP contribution in [0.1, 0.15) is 28.2 Å². The molecular weight excluding hydrogens is 368 g/mol. The van der Waals surface area contributed by atoms with Gasteiger partial charge in [0.25, 0.3) is 0 Å². The number of carbonyl (C=O) groups is 1. The zero-order chi connectivity index (χ0) is 20.1. The third kappa shape index (κ3) is 4.56. The molecule has 0 saturated carbocycles. The van der Waals surface area contributed by atoms with E-state index in [1.807, 2.05) is 80.6 Å². The Morgan fingerprint density at radius 3 is 2.00 bits per heavy atom. The van der Waals surface area contributed by atoms with Crippen molar-refractivity contribution in [3.8, 4) is 5.75 Å². The van der Waals surface area contributed by atoms with Crippen molar-refractivity contribution in [2.75, 3.05) is 5.32 Å². The molecule has 4 nitrogen and oxygen atoms in total. The molecule has 0 fully saturated rings. The Labute approximate surface area is 170 Å². The maximum Gasteiger partial charge on any atom is 0.238 e. The number of aryl methyl sites for hydroxylation is 2. The van der Waals surface area contributed by atoms with Crippen LogP contribution in [0, 0.1) is 13.8 Å². The van der Waals surface area contributed by atoms with Gasteiger partial charge in [0, 0.05) is 0 Å². The molecule has 0 aliphatic heterocycles. The van der Waals surface area contributed by atoms with Crippen LogP contribution < -0.4 is 10.6 Å². The first kappa shape index (κ1) is 19.6. The minimum absolute atomic E-state index is 0.116. The molecule has 0 bridgehead atoms. The van der Waals surface area contributed by atoms with Crippen molar-refractivity contribution in [3.63, 3.8) is 0 Å². The molecule has 0 aliphatic rings. The van der Waals surface area contributed by atoms with Gasteiger partial charge in [-0.05, 0) is 54.4 Å². The minimum atomic E-state index is -0.491. The van der Waals surface area contributed by atoms with E-state index < -0.39 is 5.92 Å². The summed E-state index contributed by atoms with van der Waals surface area (Å²) < 4.78 is 0. The molecule has 0 unspecified atom stereocenters. The highest BCUT2D eigenvalue weighted by Crippen LogP contribution is 2.29. The van der Waals surface area contributed by atoms with Crippen molar-refractivity contribution in [2.45, 2.75) is 19.8 Å². The molecule has 1 amide bonds. The molecule has 0 aromatic heterocycles. The van der Waals surface area contributed by atoms with Gasteiger partial charge in [0.15, 0.2) is 5.11 Å². The lowest BCUT2D eigenvalue weighted by Crippen LogP contribution is -2.37. The number of benzene rings is 3. The van der Waals surface area contributed by atoms with Crippen molar-refractivity contribution >= 4 is 28.9 Å². The molecule has 5 heteroatoms. The van der Waals surface area contributed by atoms with E-state index in [-0.39, 0.29) is 16.8 Å². The fourth-order valence-electron chi connectivity index (χ4n) is 3.18. The van der Waals surface area contributed by atoms with E-state index in [1.165, 1.54) is 0 Å². The first-order chi connectivity index (χ1) is 13.5. The summed E-state index contributed by atoms with van der Waals surface area (Å²) in [7, 11) is 0. The van der Waals surface area contributed by atoms with E-state index in [0.29, 0.717) is 5.69 Å². The number of anilines is 1. The molecular formula is C23H22N2O2S. The number of nitrogens with one attached hydrogen (secondary N) is 2. The number of carbonyl (C=O) groups excluding carboxylic acids is 1. The number of phenolic OH excluding ortho intramolecular Hbond substituents is 1. The molecule has 142 valence electrons. The number of thiocarbonyl (C=S) groups is 1. The molecule has 0 spiro atoms. The van der Waals surface area contributed by atoms with Crippen molar-refractivity contribution in [2.24, 2.45) is 0 Å². The van der Waals surface area contributed by atoms with Gasteiger partial charge in [0.05, 0.1) is 11.6 Å². The summed E-state index contributed by atoms with van der Waals surface area (Å²) in [6.07, 6.45) is 0. The summed E-state index contributed by atoms with van der Waals surface area (Å²) in [5.41, 5.74) is 3.95. The zero-order valence-electron chi connectivity index (χ0n) is 15.8. The quantitative estimate of drug-likeness (QED) is 0.448. The predicted octanol–water partition coefficient (Wildman–Crippen LogP) is 4.65. The molecule has 0 aliphatic carbocycles. The minimum Gasteiger partial charge on any atom is -0.505 e. The Bertz CT molecular complexity index is 949. The van der Waals surface area contributed by atoms with E-state index in [1.54, 1.807) is 6.07 Å². The van der Waals surface area contributed by atoms with Gasteiger partial charge in [0.1, 0.15) is 5.75 Å². The zero-order valence-corrected chi connectivity index (χ0v) is 16.6. The molecule has 0 heterocycles. The normalized spacial score (nSPS) is 10.5. The lowest BCUT2D eigenvalue weighted by atomic mass is 9.90. The highest BCUT2D eigenvalue weighted by atomic mass is 32.1. The van der Waals surface area contributed by atoms with E-state index in [9.17, 15) is 9.90 Å². The van der Waals surface area contributed by atoms with E-state index in [0.717, 1.165) is 22.3 Å². The van der Waals surface area contributed by atoms with Crippen molar-refractivity contribution in [3.05, 3.63) is 95.1 Å². The van der Waals surface area contributed by atoms with Crippen LogP contribution in [0.2, 0.25) is 0 Å². The number of hydrogen-bond acceptors (Lipinski definition) is 3. The summed E-state index contributed by atoms with van der Waals surface area (Å²) >= 11 is 5.32. The van der Waals surface area contributed by atoms with Gasteiger partial charge < -0.3 is 15.7 Å². The van der Waals surface area contributed by atoms with Crippen molar-refractivity contribution in [1.29, 1.82) is 0 Å². The molecule has 3 N–H and O–H groups in total. The molecule has 3 rings (SSSR count). The number of aromatic hydroxyl groups is 1. The van der Waals surface area contributed by atoms with Crippen molar-refractivity contribution < 1.29 is 9.90 Å². The Morgan fingerprint density at radius 1 is 0.929 bits per heavy atom. The van der Waals surface area contributed by atoms with Gasteiger partial charge in [-0.25, -0.2) is 0 Å². The number of hydrogen-bond donors (Lipinski definition) is 3.